The highest BCUT2D eigenvalue weighted by molar-refractivity contribution is 9.09. The van der Waals surface area contributed by atoms with Crippen molar-refractivity contribution < 1.29 is 4.74 Å². The van der Waals surface area contributed by atoms with Gasteiger partial charge in [0.15, 0.2) is 0 Å². The van der Waals surface area contributed by atoms with Crippen LogP contribution in [-0.4, -0.2) is 12.1 Å². The van der Waals surface area contributed by atoms with E-state index in [4.69, 9.17) is 4.74 Å². The van der Waals surface area contributed by atoms with E-state index in [1.54, 1.807) is 0 Å². The van der Waals surface area contributed by atoms with E-state index in [9.17, 15) is 0 Å². The standard InChI is InChI=1S/C3H7BrO.H3N/c1-2-5-3-4;/h2-3H2,1H3;1H3. The van der Waals surface area contributed by atoms with Crippen molar-refractivity contribution in [3.63, 3.8) is 0 Å². The Morgan fingerprint density at radius 3 is 2.17 bits per heavy atom. The van der Waals surface area contributed by atoms with E-state index in [0.717, 1.165) is 6.61 Å². The van der Waals surface area contributed by atoms with E-state index in [1.807, 2.05) is 6.92 Å². The Balaban J connectivity index is 0. The zero-order chi connectivity index (χ0) is 4.12. The fraction of sp³-hybridized carbons (Fsp3) is 1.00. The summed E-state index contributed by atoms with van der Waals surface area (Å²) in [6, 6.07) is 0. The lowest BCUT2D eigenvalue weighted by Crippen LogP contribution is -1.80. The first-order valence-corrected chi connectivity index (χ1v) is 2.67. The van der Waals surface area contributed by atoms with Gasteiger partial charge in [-0.15, -0.1) is 0 Å². The van der Waals surface area contributed by atoms with Crippen LogP contribution in [-0.2, 0) is 4.74 Å². The fourth-order valence-electron chi connectivity index (χ4n) is 0.0772. The second-order valence-corrected chi connectivity index (χ2v) is 1.06. The molecule has 40 valence electrons. The molecule has 0 aromatic heterocycles. The highest BCUT2D eigenvalue weighted by atomic mass is 79.9. The van der Waals surface area contributed by atoms with E-state index < -0.39 is 0 Å². The van der Waals surface area contributed by atoms with E-state index in [1.165, 1.54) is 0 Å². The molecule has 2 nitrogen and oxygen atoms in total. The van der Waals surface area contributed by atoms with Crippen molar-refractivity contribution in [1.29, 1.82) is 0 Å². The molecule has 6 heavy (non-hydrogen) atoms. The Hall–Kier alpha value is 0.400. The van der Waals surface area contributed by atoms with Gasteiger partial charge in [0.2, 0.25) is 0 Å². The Kier molecular flexibility index (Phi) is 14.5. The van der Waals surface area contributed by atoms with Gasteiger partial charge in [-0.2, -0.15) is 0 Å². The van der Waals surface area contributed by atoms with Crippen LogP contribution < -0.4 is 6.15 Å². The van der Waals surface area contributed by atoms with Crippen LogP contribution in [0.3, 0.4) is 0 Å². The molecule has 0 aliphatic rings. The average molecular weight is 156 g/mol. The van der Waals surface area contributed by atoms with Gasteiger partial charge < -0.3 is 10.9 Å². The van der Waals surface area contributed by atoms with Gasteiger partial charge in [0.1, 0.15) is 5.52 Å². The number of halogens is 1. The SMILES string of the molecule is CCOCBr.N. The Morgan fingerprint density at radius 2 is 2.17 bits per heavy atom. The van der Waals surface area contributed by atoms with E-state index in [0.29, 0.717) is 5.52 Å². The normalized spacial score (nSPS) is 7.00. The van der Waals surface area contributed by atoms with Gasteiger partial charge in [0, 0.05) is 6.61 Å². The first kappa shape index (κ1) is 9.64. The Morgan fingerprint density at radius 1 is 1.67 bits per heavy atom. The van der Waals surface area contributed by atoms with Crippen molar-refractivity contribution in [3.8, 4) is 0 Å². The molecule has 0 aliphatic carbocycles. The molecule has 0 saturated carbocycles. The summed E-state index contributed by atoms with van der Waals surface area (Å²) in [5, 5.41) is 0. The molecule has 0 amide bonds. The van der Waals surface area contributed by atoms with Crippen LogP contribution in [0, 0.1) is 0 Å². The number of ether oxygens (including phenoxy) is 1. The maximum absolute atomic E-state index is 4.75. The van der Waals surface area contributed by atoms with E-state index in [2.05, 4.69) is 15.9 Å². The summed E-state index contributed by atoms with van der Waals surface area (Å²) in [4.78, 5) is 0. The molecular weight excluding hydrogens is 146 g/mol. The molecule has 0 radical (unpaired) electrons. The number of rotatable bonds is 2. The van der Waals surface area contributed by atoms with Gasteiger partial charge in [0.25, 0.3) is 0 Å². The molecule has 0 rings (SSSR count). The maximum atomic E-state index is 4.75. The van der Waals surface area contributed by atoms with Gasteiger partial charge >= 0.3 is 0 Å². The molecule has 0 unspecified atom stereocenters. The summed E-state index contributed by atoms with van der Waals surface area (Å²) in [7, 11) is 0. The molecule has 0 bridgehead atoms. The molecule has 3 N–H and O–H groups in total. The van der Waals surface area contributed by atoms with E-state index >= 15 is 0 Å². The third-order valence-electron chi connectivity index (χ3n) is 0.281. The van der Waals surface area contributed by atoms with Crippen LogP contribution >= 0.6 is 15.9 Å². The molecule has 0 heterocycles. The summed E-state index contributed by atoms with van der Waals surface area (Å²) < 4.78 is 4.75. The number of hydrogen-bond acceptors (Lipinski definition) is 2. The highest BCUT2D eigenvalue weighted by Gasteiger charge is 1.65. The van der Waals surface area contributed by atoms with Crippen LogP contribution in [0.5, 0.6) is 0 Å². The molecule has 0 aromatic carbocycles. The van der Waals surface area contributed by atoms with Crippen molar-refractivity contribution in [2.45, 2.75) is 6.92 Å². The predicted molar refractivity (Wildman–Crippen MR) is 30.4 cm³/mol. The highest BCUT2D eigenvalue weighted by Crippen LogP contribution is 1.78. The zero-order valence-electron chi connectivity index (χ0n) is 3.91. The Labute approximate surface area is 46.6 Å². The first-order valence-electron chi connectivity index (χ1n) is 1.55. The first-order chi connectivity index (χ1) is 2.41. The molecule has 0 aliphatic heterocycles. The smallest absolute Gasteiger partial charge is 0.101 e. The number of alkyl halides is 1. The van der Waals surface area contributed by atoms with Gasteiger partial charge in [-0.25, -0.2) is 0 Å². The minimum absolute atomic E-state index is 0. The molecule has 0 aromatic rings. The van der Waals surface area contributed by atoms with Crippen molar-refractivity contribution in [2.75, 3.05) is 12.1 Å². The number of hydrogen-bond donors (Lipinski definition) is 1. The minimum Gasteiger partial charge on any atom is -0.371 e. The molecule has 0 fully saturated rings. The quantitative estimate of drug-likeness (QED) is 0.616. The molecule has 3 heteroatoms. The van der Waals surface area contributed by atoms with E-state index in [-0.39, 0.29) is 6.15 Å². The van der Waals surface area contributed by atoms with Crippen molar-refractivity contribution in [2.24, 2.45) is 0 Å². The summed E-state index contributed by atoms with van der Waals surface area (Å²) in [5.41, 5.74) is 0.656. The lowest BCUT2D eigenvalue weighted by Gasteiger charge is -1.84. The fourth-order valence-corrected chi connectivity index (χ4v) is 0.401. The van der Waals surface area contributed by atoms with Crippen molar-refractivity contribution in [3.05, 3.63) is 0 Å². The van der Waals surface area contributed by atoms with Crippen molar-refractivity contribution in [1.82, 2.24) is 6.15 Å². The molecular formula is C3H10BrNO. The summed E-state index contributed by atoms with van der Waals surface area (Å²) in [6.45, 7) is 2.76. The summed E-state index contributed by atoms with van der Waals surface area (Å²) in [5.74, 6) is 0. The molecule has 0 spiro atoms. The Bertz CT molecular complexity index is 18.3. The largest absolute Gasteiger partial charge is 0.371 e. The van der Waals surface area contributed by atoms with Crippen LogP contribution in [0.25, 0.3) is 0 Å². The monoisotopic (exact) mass is 155 g/mol. The minimum atomic E-state index is 0. The topological polar surface area (TPSA) is 44.2 Å². The molecule has 0 atom stereocenters. The third kappa shape index (κ3) is 8.83. The van der Waals surface area contributed by atoms with Gasteiger partial charge in [-0.1, -0.05) is 15.9 Å². The van der Waals surface area contributed by atoms with Gasteiger partial charge in [0.05, 0.1) is 0 Å². The summed E-state index contributed by atoms with van der Waals surface area (Å²) >= 11 is 3.09. The van der Waals surface area contributed by atoms with Gasteiger partial charge in [-0.3, -0.25) is 0 Å². The summed E-state index contributed by atoms with van der Waals surface area (Å²) in [6.07, 6.45) is 0. The van der Waals surface area contributed by atoms with Crippen LogP contribution in [0.1, 0.15) is 6.92 Å². The van der Waals surface area contributed by atoms with Crippen LogP contribution in [0.15, 0.2) is 0 Å². The second-order valence-electron chi connectivity index (χ2n) is 0.602. The lowest BCUT2D eigenvalue weighted by molar-refractivity contribution is 0.203. The van der Waals surface area contributed by atoms with Crippen LogP contribution in [0.2, 0.25) is 0 Å². The third-order valence-corrected chi connectivity index (χ3v) is 0.605. The van der Waals surface area contributed by atoms with Crippen LogP contribution in [0.4, 0.5) is 0 Å². The maximum Gasteiger partial charge on any atom is 0.101 e. The van der Waals surface area contributed by atoms with Gasteiger partial charge in [-0.05, 0) is 6.92 Å². The second kappa shape index (κ2) is 9.04. The molecule has 0 saturated heterocycles. The van der Waals surface area contributed by atoms with Crippen molar-refractivity contribution >= 4 is 15.9 Å². The average Bonchev–Trinajstić information content (AvgIpc) is 1.41. The predicted octanol–water partition coefficient (Wildman–Crippen LogP) is 1.54. The zero-order valence-corrected chi connectivity index (χ0v) is 5.49. The lowest BCUT2D eigenvalue weighted by atomic mass is 10.9.